The van der Waals surface area contributed by atoms with Crippen LogP contribution in [0.5, 0.6) is 11.5 Å². The first kappa shape index (κ1) is 21.5. The molecule has 10 heteroatoms. The number of aromatic nitrogens is 2. The van der Waals surface area contributed by atoms with Gasteiger partial charge in [0.05, 0.1) is 16.8 Å². The van der Waals surface area contributed by atoms with E-state index in [4.69, 9.17) is 4.74 Å². The van der Waals surface area contributed by atoms with Crippen LogP contribution in [0.4, 0.5) is 22.0 Å². The van der Waals surface area contributed by atoms with Crippen LogP contribution in [-0.2, 0) is 0 Å². The molecular formula is C25H22N6O3S. The number of hydrogen-bond donors (Lipinski definition) is 1. The second-order valence-electron chi connectivity index (χ2n) is 8.45. The van der Waals surface area contributed by atoms with Crippen LogP contribution in [0.25, 0.3) is 10.2 Å². The van der Waals surface area contributed by atoms with E-state index in [9.17, 15) is 9.59 Å². The zero-order valence-electron chi connectivity index (χ0n) is 19.0. The van der Waals surface area contributed by atoms with E-state index in [0.717, 1.165) is 18.8 Å². The number of carbonyl (C=O) groups excluding carboxylic acids is 2. The minimum Gasteiger partial charge on any atom is -0.457 e. The third kappa shape index (κ3) is 3.86. The summed E-state index contributed by atoms with van der Waals surface area (Å²) in [6.07, 6.45) is 1.43. The van der Waals surface area contributed by atoms with E-state index in [0.29, 0.717) is 51.1 Å². The highest BCUT2D eigenvalue weighted by atomic mass is 32.1. The molecule has 1 N–H and O–H groups in total. The first-order valence-corrected chi connectivity index (χ1v) is 12.1. The Morgan fingerprint density at radius 3 is 2.43 bits per heavy atom. The van der Waals surface area contributed by atoms with Gasteiger partial charge in [-0.05, 0) is 43.4 Å². The SMILES string of the molecule is CN1CCN(C(=O)c2sc3ncnc4c3c2NC(=O)N4c2ccc(Oc3ccccc3)cc2)CC1. The fourth-order valence-corrected chi connectivity index (χ4v) is 5.36. The second-order valence-corrected chi connectivity index (χ2v) is 9.45. The summed E-state index contributed by atoms with van der Waals surface area (Å²) in [5.41, 5.74) is 1.13. The van der Waals surface area contributed by atoms with Crippen LogP contribution in [0, 0.1) is 0 Å². The molecule has 9 nitrogen and oxygen atoms in total. The Labute approximate surface area is 205 Å². The third-order valence-electron chi connectivity index (χ3n) is 6.17. The van der Waals surface area contributed by atoms with Gasteiger partial charge in [-0.3, -0.25) is 4.79 Å². The van der Waals surface area contributed by atoms with E-state index in [1.807, 2.05) is 42.3 Å². The lowest BCUT2D eigenvalue weighted by molar-refractivity contribution is 0.0670. The zero-order valence-corrected chi connectivity index (χ0v) is 19.8. The Balaban J connectivity index is 1.33. The van der Waals surface area contributed by atoms with Crippen molar-refractivity contribution in [2.24, 2.45) is 0 Å². The summed E-state index contributed by atoms with van der Waals surface area (Å²) >= 11 is 1.29. The molecule has 2 aromatic carbocycles. The lowest BCUT2D eigenvalue weighted by Crippen LogP contribution is -2.47. The number of anilines is 3. The Morgan fingerprint density at radius 1 is 0.971 bits per heavy atom. The second kappa shape index (κ2) is 8.64. The molecule has 2 aromatic heterocycles. The number of benzene rings is 2. The van der Waals surface area contributed by atoms with Crippen LogP contribution in [0.15, 0.2) is 60.9 Å². The Hall–Kier alpha value is -4.02. The Morgan fingerprint density at radius 2 is 1.69 bits per heavy atom. The van der Waals surface area contributed by atoms with Gasteiger partial charge in [0.25, 0.3) is 5.91 Å². The maximum absolute atomic E-state index is 13.3. The van der Waals surface area contributed by atoms with Crippen LogP contribution in [0.2, 0.25) is 0 Å². The van der Waals surface area contributed by atoms with Crippen molar-refractivity contribution in [1.82, 2.24) is 19.8 Å². The predicted octanol–water partition coefficient (Wildman–Crippen LogP) is 4.55. The average Bonchev–Trinajstić information content (AvgIpc) is 3.25. The van der Waals surface area contributed by atoms with Crippen molar-refractivity contribution in [2.45, 2.75) is 0 Å². The van der Waals surface area contributed by atoms with Crippen molar-refractivity contribution in [3.8, 4) is 11.5 Å². The number of ether oxygens (including phenoxy) is 1. The summed E-state index contributed by atoms with van der Waals surface area (Å²) in [7, 11) is 2.04. The molecule has 1 fully saturated rings. The maximum Gasteiger partial charge on any atom is 0.332 e. The van der Waals surface area contributed by atoms with Crippen molar-refractivity contribution in [2.75, 3.05) is 43.4 Å². The molecule has 6 rings (SSSR count). The van der Waals surface area contributed by atoms with Crippen LogP contribution in [-0.4, -0.2) is 64.9 Å². The lowest BCUT2D eigenvalue weighted by Gasteiger charge is -2.32. The van der Waals surface area contributed by atoms with Gasteiger partial charge in [-0.25, -0.2) is 19.7 Å². The van der Waals surface area contributed by atoms with E-state index < -0.39 is 0 Å². The summed E-state index contributed by atoms with van der Waals surface area (Å²) in [5.74, 6) is 1.76. The highest BCUT2D eigenvalue weighted by Gasteiger charge is 2.35. The minimum atomic E-state index is -0.375. The fraction of sp³-hybridized carbons (Fsp3) is 0.200. The van der Waals surface area contributed by atoms with Crippen molar-refractivity contribution in [3.63, 3.8) is 0 Å². The number of carbonyl (C=O) groups is 2. The highest BCUT2D eigenvalue weighted by Crippen LogP contribution is 2.45. The Kier molecular flexibility index (Phi) is 5.31. The zero-order chi connectivity index (χ0) is 23.9. The fourth-order valence-electron chi connectivity index (χ4n) is 4.30. The van der Waals surface area contributed by atoms with E-state index in [1.54, 1.807) is 24.3 Å². The molecule has 35 heavy (non-hydrogen) atoms. The molecule has 176 valence electrons. The molecule has 4 heterocycles. The molecule has 0 radical (unpaired) electrons. The molecule has 0 aliphatic carbocycles. The quantitative estimate of drug-likeness (QED) is 0.455. The molecule has 0 saturated carbocycles. The molecule has 2 aliphatic rings. The number of nitrogens with zero attached hydrogens (tertiary/aromatic N) is 5. The molecule has 3 amide bonds. The van der Waals surface area contributed by atoms with Gasteiger partial charge in [0.2, 0.25) is 0 Å². The third-order valence-corrected chi connectivity index (χ3v) is 7.26. The van der Waals surface area contributed by atoms with Crippen LogP contribution < -0.4 is 15.0 Å². The van der Waals surface area contributed by atoms with E-state index in [1.165, 1.54) is 22.6 Å². The lowest BCUT2D eigenvalue weighted by atomic mass is 10.2. The van der Waals surface area contributed by atoms with Crippen molar-refractivity contribution in [1.29, 1.82) is 0 Å². The number of urea groups is 1. The molecule has 4 aromatic rings. The summed E-state index contributed by atoms with van der Waals surface area (Å²) in [6.45, 7) is 2.94. The number of likely N-dealkylation sites (N-methyl/N-ethyl adjacent to an activating group) is 1. The average molecular weight is 487 g/mol. The van der Waals surface area contributed by atoms with Gasteiger partial charge in [-0.1, -0.05) is 18.2 Å². The van der Waals surface area contributed by atoms with E-state index in [-0.39, 0.29) is 11.9 Å². The number of piperazine rings is 1. The molecular weight excluding hydrogens is 464 g/mol. The minimum absolute atomic E-state index is 0.0850. The molecule has 0 unspecified atom stereocenters. The molecule has 1 saturated heterocycles. The topological polar surface area (TPSA) is 90.9 Å². The molecule has 0 spiro atoms. The summed E-state index contributed by atoms with van der Waals surface area (Å²) in [5, 5.41) is 3.61. The number of amides is 3. The summed E-state index contributed by atoms with van der Waals surface area (Å²) in [6, 6.07) is 16.3. The van der Waals surface area contributed by atoms with Gasteiger partial charge < -0.3 is 19.9 Å². The van der Waals surface area contributed by atoms with Crippen LogP contribution >= 0.6 is 11.3 Å². The number of hydrogen-bond acceptors (Lipinski definition) is 7. The number of thiophene rings is 1. The summed E-state index contributed by atoms with van der Waals surface area (Å²) < 4.78 is 5.87. The van der Waals surface area contributed by atoms with Crippen molar-refractivity contribution >= 4 is 50.7 Å². The van der Waals surface area contributed by atoms with Gasteiger partial charge in [0, 0.05) is 26.2 Å². The van der Waals surface area contributed by atoms with Crippen molar-refractivity contribution in [3.05, 3.63) is 65.8 Å². The first-order valence-electron chi connectivity index (χ1n) is 11.3. The van der Waals surface area contributed by atoms with Gasteiger partial charge in [-0.2, -0.15) is 0 Å². The van der Waals surface area contributed by atoms with Gasteiger partial charge in [0.1, 0.15) is 27.5 Å². The van der Waals surface area contributed by atoms with Gasteiger partial charge in [-0.15, -0.1) is 11.3 Å². The largest absolute Gasteiger partial charge is 0.457 e. The molecule has 2 aliphatic heterocycles. The van der Waals surface area contributed by atoms with E-state index in [2.05, 4.69) is 20.2 Å². The Bertz CT molecular complexity index is 1410. The van der Waals surface area contributed by atoms with E-state index >= 15 is 0 Å². The van der Waals surface area contributed by atoms with Crippen LogP contribution in [0.3, 0.4) is 0 Å². The maximum atomic E-state index is 13.3. The van der Waals surface area contributed by atoms with Crippen molar-refractivity contribution < 1.29 is 14.3 Å². The highest BCUT2D eigenvalue weighted by molar-refractivity contribution is 7.21. The molecule has 0 atom stereocenters. The summed E-state index contributed by atoms with van der Waals surface area (Å²) in [4.78, 5) is 42.1. The monoisotopic (exact) mass is 486 g/mol. The van der Waals surface area contributed by atoms with Crippen LogP contribution in [0.1, 0.15) is 9.67 Å². The normalized spacial score (nSPS) is 15.9. The standard InChI is InChI=1S/C25H22N6O3S/c1-29-11-13-30(14-12-29)24(32)21-20-19-22(26-15-27-23(19)35-21)31(25(33)28-20)16-7-9-18(10-8-16)34-17-5-3-2-4-6-17/h2-10,15H,11-14H2,1H3,(H,28,33). The number of rotatable bonds is 4. The van der Waals surface area contributed by atoms with Gasteiger partial charge >= 0.3 is 6.03 Å². The molecule has 0 bridgehead atoms. The smallest absolute Gasteiger partial charge is 0.332 e. The number of nitrogens with one attached hydrogen (secondary N) is 1. The van der Waals surface area contributed by atoms with Gasteiger partial charge in [0.15, 0.2) is 5.82 Å². The first-order chi connectivity index (χ1) is 17.1. The predicted molar refractivity (Wildman–Crippen MR) is 135 cm³/mol. The number of para-hydroxylation sites is 1.